The molecule has 6 nitrogen and oxygen atoms in total. The predicted molar refractivity (Wildman–Crippen MR) is 118 cm³/mol. The second-order valence-electron chi connectivity index (χ2n) is 8.75. The van der Waals surface area contributed by atoms with Crippen LogP contribution in [0.15, 0.2) is 35.4 Å². The lowest BCUT2D eigenvalue weighted by molar-refractivity contribution is 0.0205. The number of amides is 1. The summed E-state index contributed by atoms with van der Waals surface area (Å²) < 4.78 is 43.4. The summed E-state index contributed by atoms with van der Waals surface area (Å²) in [6.45, 7) is 6.56. The number of carbonyl (C=O) groups excluding carboxylic acids is 1. The molecule has 1 aliphatic rings. The largest absolute Gasteiger partial charge is 0.444 e. The first-order valence-corrected chi connectivity index (χ1v) is 12.3. The smallest absolute Gasteiger partial charge is 0.410 e. The van der Waals surface area contributed by atoms with Crippen LogP contribution in [0.4, 0.5) is 9.18 Å². The highest BCUT2D eigenvalue weighted by atomic mass is 35.5. The van der Waals surface area contributed by atoms with Crippen LogP contribution < -0.4 is 0 Å². The Morgan fingerprint density at radius 1 is 1.23 bits per heavy atom. The van der Waals surface area contributed by atoms with Gasteiger partial charge in [0.25, 0.3) is 0 Å². The van der Waals surface area contributed by atoms with Gasteiger partial charge in [0.2, 0.25) is 0 Å². The molecule has 1 aliphatic heterocycles. The molecule has 2 heterocycles. The van der Waals surface area contributed by atoms with Crippen LogP contribution in [0, 0.1) is 5.82 Å². The number of rotatable bonds is 3. The SMILES string of the molecule is CC(C)(C)OC(=O)N1CCC(c2cc(-c3ccc(S(C)(=O)=O)cc3F)ncc2Cl)CC1. The van der Waals surface area contributed by atoms with Crippen LogP contribution in [0.2, 0.25) is 5.02 Å². The van der Waals surface area contributed by atoms with Gasteiger partial charge in [0.05, 0.1) is 15.6 Å². The highest BCUT2D eigenvalue weighted by Crippen LogP contribution is 2.35. The zero-order chi connectivity index (χ0) is 23.0. The quantitative estimate of drug-likeness (QED) is 0.629. The molecule has 168 valence electrons. The van der Waals surface area contributed by atoms with Gasteiger partial charge >= 0.3 is 6.09 Å². The molecule has 0 aliphatic carbocycles. The average Bonchev–Trinajstić information content (AvgIpc) is 2.66. The topological polar surface area (TPSA) is 76.6 Å². The number of ether oxygens (including phenoxy) is 1. The van der Waals surface area contributed by atoms with Crippen LogP contribution in [-0.4, -0.2) is 49.3 Å². The first-order valence-electron chi connectivity index (χ1n) is 9.98. The van der Waals surface area contributed by atoms with Crippen LogP contribution in [0.25, 0.3) is 11.3 Å². The maximum Gasteiger partial charge on any atom is 0.410 e. The van der Waals surface area contributed by atoms with Crippen LogP contribution in [0.5, 0.6) is 0 Å². The summed E-state index contributed by atoms with van der Waals surface area (Å²) in [4.78, 5) is 18.1. The molecule has 1 saturated heterocycles. The fourth-order valence-electron chi connectivity index (χ4n) is 3.55. The number of nitrogens with zero attached hydrogens (tertiary/aromatic N) is 2. The lowest BCUT2D eigenvalue weighted by Gasteiger charge is -2.34. The number of hydrogen-bond donors (Lipinski definition) is 0. The number of piperidine rings is 1. The van der Waals surface area contributed by atoms with Gasteiger partial charge in [0, 0.05) is 31.1 Å². The second-order valence-corrected chi connectivity index (χ2v) is 11.2. The maximum absolute atomic E-state index is 14.6. The number of aromatic nitrogens is 1. The molecule has 1 aromatic heterocycles. The van der Waals surface area contributed by atoms with Crippen molar-refractivity contribution in [1.29, 1.82) is 0 Å². The molecular formula is C22H26ClFN2O4S. The van der Waals surface area contributed by atoms with Crippen LogP contribution >= 0.6 is 11.6 Å². The number of hydrogen-bond acceptors (Lipinski definition) is 5. The molecule has 1 amide bonds. The Morgan fingerprint density at radius 3 is 2.42 bits per heavy atom. The highest BCUT2D eigenvalue weighted by molar-refractivity contribution is 7.90. The summed E-state index contributed by atoms with van der Waals surface area (Å²) in [6, 6.07) is 5.52. The van der Waals surface area contributed by atoms with E-state index < -0.39 is 21.3 Å². The summed E-state index contributed by atoms with van der Waals surface area (Å²) in [5, 5.41) is 0.479. The highest BCUT2D eigenvalue weighted by Gasteiger charge is 2.28. The lowest BCUT2D eigenvalue weighted by Crippen LogP contribution is -2.41. The van der Waals surface area contributed by atoms with Crippen LogP contribution in [0.3, 0.4) is 0 Å². The number of pyridine rings is 1. The first-order chi connectivity index (χ1) is 14.3. The van der Waals surface area contributed by atoms with E-state index in [1.165, 1.54) is 18.3 Å². The Hall–Kier alpha value is -2.19. The fourth-order valence-corrected chi connectivity index (χ4v) is 4.44. The molecule has 2 aromatic rings. The van der Waals surface area contributed by atoms with Crippen molar-refractivity contribution in [2.45, 2.75) is 50.0 Å². The van der Waals surface area contributed by atoms with Crippen LogP contribution in [0.1, 0.15) is 45.1 Å². The van der Waals surface area contributed by atoms with Gasteiger partial charge in [-0.1, -0.05) is 11.6 Å². The molecule has 0 spiro atoms. The van der Waals surface area contributed by atoms with E-state index in [-0.39, 0.29) is 22.5 Å². The zero-order valence-corrected chi connectivity index (χ0v) is 19.6. The van der Waals surface area contributed by atoms with Gasteiger partial charge in [-0.05, 0) is 69.4 Å². The Labute approximate surface area is 187 Å². The molecule has 1 fully saturated rings. The summed E-state index contributed by atoms with van der Waals surface area (Å²) >= 11 is 6.39. The average molecular weight is 469 g/mol. The van der Waals surface area contributed by atoms with Gasteiger partial charge in [-0.3, -0.25) is 4.98 Å². The molecule has 0 saturated carbocycles. The third-order valence-electron chi connectivity index (χ3n) is 5.12. The minimum atomic E-state index is -3.50. The van der Waals surface area contributed by atoms with Crippen molar-refractivity contribution in [1.82, 2.24) is 9.88 Å². The van der Waals surface area contributed by atoms with Crippen molar-refractivity contribution < 1.29 is 22.3 Å². The molecule has 9 heteroatoms. The third kappa shape index (κ3) is 5.74. The van der Waals surface area contributed by atoms with E-state index in [1.807, 2.05) is 20.8 Å². The number of likely N-dealkylation sites (tertiary alicyclic amines) is 1. The van der Waals surface area contributed by atoms with E-state index in [0.717, 1.165) is 17.9 Å². The molecule has 0 unspecified atom stereocenters. The van der Waals surface area contributed by atoms with Crippen molar-refractivity contribution >= 4 is 27.5 Å². The molecule has 1 aromatic carbocycles. The van der Waals surface area contributed by atoms with E-state index in [0.29, 0.717) is 36.6 Å². The molecule has 0 bridgehead atoms. The number of benzene rings is 1. The third-order valence-corrected chi connectivity index (χ3v) is 6.54. The predicted octanol–water partition coefficient (Wildman–Crippen LogP) is 5.06. The van der Waals surface area contributed by atoms with Gasteiger partial charge in [0.1, 0.15) is 11.4 Å². The number of sulfone groups is 1. The Kier molecular flexibility index (Phi) is 6.62. The zero-order valence-electron chi connectivity index (χ0n) is 18.0. The molecule has 3 rings (SSSR count). The molecular weight excluding hydrogens is 443 g/mol. The minimum absolute atomic E-state index is 0.0857. The van der Waals surface area contributed by atoms with E-state index in [9.17, 15) is 17.6 Å². The summed E-state index contributed by atoms with van der Waals surface area (Å²) in [5.74, 6) is -0.574. The summed E-state index contributed by atoms with van der Waals surface area (Å²) in [5.41, 5.74) is 0.874. The first kappa shape index (κ1) is 23.5. The fraction of sp³-hybridized carbons (Fsp3) is 0.455. The minimum Gasteiger partial charge on any atom is -0.444 e. The van der Waals surface area contributed by atoms with Crippen molar-refractivity contribution in [3.05, 3.63) is 46.9 Å². The van der Waals surface area contributed by atoms with Crippen molar-refractivity contribution in [3.8, 4) is 11.3 Å². The van der Waals surface area contributed by atoms with Crippen LogP contribution in [-0.2, 0) is 14.6 Å². The molecule has 0 N–H and O–H groups in total. The molecule has 0 atom stereocenters. The standard InChI is InChI=1S/C22H26ClFN2O4S/c1-22(2,3)30-21(27)26-9-7-14(8-10-26)17-12-20(25-13-18(17)23)16-6-5-15(11-19(16)24)31(4,28)29/h5-6,11-14H,7-10H2,1-4H3. The molecule has 31 heavy (non-hydrogen) atoms. The van der Waals surface area contributed by atoms with E-state index >= 15 is 0 Å². The maximum atomic E-state index is 14.6. The van der Waals surface area contributed by atoms with E-state index in [4.69, 9.17) is 16.3 Å². The Bertz CT molecular complexity index is 1090. The van der Waals surface area contributed by atoms with Gasteiger partial charge < -0.3 is 9.64 Å². The van der Waals surface area contributed by atoms with Crippen molar-refractivity contribution in [2.75, 3.05) is 19.3 Å². The monoisotopic (exact) mass is 468 g/mol. The van der Waals surface area contributed by atoms with Gasteiger partial charge in [0.15, 0.2) is 9.84 Å². The van der Waals surface area contributed by atoms with Crippen molar-refractivity contribution in [3.63, 3.8) is 0 Å². The van der Waals surface area contributed by atoms with Gasteiger partial charge in [-0.25, -0.2) is 17.6 Å². The number of carbonyl (C=O) groups is 1. The second kappa shape index (κ2) is 8.74. The van der Waals surface area contributed by atoms with Crippen molar-refractivity contribution in [2.24, 2.45) is 0 Å². The normalized spacial score (nSPS) is 15.7. The summed E-state index contributed by atoms with van der Waals surface area (Å²) in [7, 11) is -3.50. The van der Waals surface area contributed by atoms with E-state index in [1.54, 1.807) is 11.0 Å². The molecule has 0 radical (unpaired) electrons. The van der Waals surface area contributed by atoms with Gasteiger partial charge in [-0.2, -0.15) is 0 Å². The van der Waals surface area contributed by atoms with Gasteiger partial charge in [-0.15, -0.1) is 0 Å². The Morgan fingerprint density at radius 2 is 1.87 bits per heavy atom. The Balaban J connectivity index is 1.79. The lowest BCUT2D eigenvalue weighted by atomic mass is 9.89. The summed E-state index contributed by atoms with van der Waals surface area (Å²) in [6.07, 6.45) is 3.57. The van der Waals surface area contributed by atoms with E-state index in [2.05, 4.69) is 4.98 Å². The number of halogens is 2.